The highest BCUT2D eigenvalue weighted by atomic mass is 19.4. The molecule has 188 valence electrons. The number of amides is 2. The molecule has 0 spiro atoms. The van der Waals surface area contributed by atoms with Gasteiger partial charge in [-0.3, -0.25) is 10.2 Å². The van der Waals surface area contributed by atoms with Crippen molar-refractivity contribution in [1.29, 1.82) is 0 Å². The summed E-state index contributed by atoms with van der Waals surface area (Å²) in [6.45, 7) is 1.68. The molecule has 8 nitrogen and oxygen atoms in total. The van der Waals surface area contributed by atoms with Gasteiger partial charge in [0.15, 0.2) is 5.82 Å². The molecular formula is C25H24F3N5O3. The molecule has 1 fully saturated rings. The molecule has 2 N–H and O–H groups in total. The van der Waals surface area contributed by atoms with Crippen LogP contribution in [0.3, 0.4) is 0 Å². The Morgan fingerprint density at radius 1 is 1.14 bits per heavy atom. The Labute approximate surface area is 205 Å². The second kappa shape index (κ2) is 9.65. The second-order valence-corrected chi connectivity index (χ2v) is 8.59. The van der Waals surface area contributed by atoms with E-state index in [0.717, 1.165) is 30.8 Å². The van der Waals surface area contributed by atoms with Gasteiger partial charge in [-0.05, 0) is 36.8 Å². The van der Waals surface area contributed by atoms with Crippen LogP contribution in [0.1, 0.15) is 18.4 Å². The van der Waals surface area contributed by atoms with Crippen molar-refractivity contribution in [1.82, 2.24) is 9.97 Å². The summed E-state index contributed by atoms with van der Waals surface area (Å²) < 4.78 is 45.2. The predicted octanol–water partition coefficient (Wildman–Crippen LogP) is 4.55. The number of nitrogens with zero attached hydrogens (tertiary/aromatic N) is 4. The zero-order valence-corrected chi connectivity index (χ0v) is 19.2. The van der Waals surface area contributed by atoms with Gasteiger partial charge in [-0.15, -0.1) is 0 Å². The van der Waals surface area contributed by atoms with Gasteiger partial charge in [0, 0.05) is 37.7 Å². The number of aromatic nitrogens is 2. The summed E-state index contributed by atoms with van der Waals surface area (Å²) in [4.78, 5) is 26.0. The standard InChI is InChI=1S/C25H24F3N5O3/c26-25(27,28)17-5-1-4-16(14-17)19-8-9-20-23(29-19)33(18-10-11-32(20)15-18)24(35)31-21-6-2-7-22(30-21)36-13-3-12-34/h1-2,4-9,14,18,34H,3,10-13,15H2,(H,30,31,35). The van der Waals surface area contributed by atoms with Crippen LogP contribution in [0, 0.1) is 0 Å². The molecule has 2 amide bonds. The minimum atomic E-state index is -4.47. The Kier molecular flexibility index (Phi) is 6.40. The van der Waals surface area contributed by atoms with Crippen LogP contribution >= 0.6 is 0 Å². The summed E-state index contributed by atoms with van der Waals surface area (Å²) in [5, 5.41) is 11.7. The molecule has 5 rings (SSSR count). The Bertz CT molecular complexity index is 1270. The number of pyridine rings is 2. The van der Waals surface area contributed by atoms with E-state index in [1.54, 1.807) is 41.3 Å². The number of urea groups is 1. The lowest BCUT2D eigenvalue weighted by Gasteiger charge is -2.35. The van der Waals surface area contributed by atoms with Gasteiger partial charge in [-0.2, -0.15) is 18.2 Å². The average Bonchev–Trinajstić information content (AvgIpc) is 3.28. The molecule has 1 unspecified atom stereocenters. The number of carbonyl (C=O) groups is 1. The van der Waals surface area contributed by atoms with Crippen LogP contribution in [0.25, 0.3) is 11.3 Å². The molecule has 0 radical (unpaired) electrons. The predicted molar refractivity (Wildman–Crippen MR) is 128 cm³/mol. The lowest BCUT2D eigenvalue weighted by molar-refractivity contribution is -0.137. The lowest BCUT2D eigenvalue weighted by Crippen LogP contribution is -2.48. The Balaban J connectivity index is 1.44. The number of hydrogen-bond donors (Lipinski definition) is 2. The Hall–Kier alpha value is -3.86. The van der Waals surface area contributed by atoms with E-state index in [2.05, 4.69) is 20.2 Å². The number of rotatable bonds is 6. The van der Waals surface area contributed by atoms with E-state index in [1.165, 1.54) is 6.07 Å². The third kappa shape index (κ3) is 4.78. The van der Waals surface area contributed by atoms with Crippen LogP contribution < -0.4 is 19.9 Å². The van der Waals surface area contributed by atoms with Gasteiger partial charge >= 0.3 is 12.2 Å². The smallest absolute Gasteiger partial charge is 0.416 e. The van der Waals surface area contributed by atoms with Crippen LogP contribution in [0.4, 0.5) is 35.3 Å². The normalized spacial score (nSPS) is 16.6. The number of carbonyl (C=O) groups excluding carboxylic acids is 1. The average molecular weight is 499 g/mol. The van der Waals surface area contributed by atoms with Crippen molar-refractivity contribution in [3.05, 3.63) is 60.2 Å². The molecule has 1 atom stereocenters. The lowest BCUT2D eigenvalue weighted by atomic mass is 10.1. The first kappa shape index (κ1) is 23.9. The summed E-state index contributed by atoms with van der Waals surface area (Å²) in [7, 11) is 0. The maximum absolute atomic E-state index is 13.4. The summed E-state index contributed by atoms with van der Waals surface area (Å²) in [6.07, 6.45) is -3.27. The molecule has 1 aromatic carbocycles. The monoisotopic (exact) mass is 499 g/mol. The van der Waals surface area contributed by atoms with Crippen molar-refractivity contribution >= 4 is 23.4 Å². The fourth-order valence-corrected chi connectivity index (χ4v) is 4.46. The summed E-state index contributed by atoms with van der Waals surface area (Å²) in [6, 6.07) is 12.9. The number of alkyl halides is 3. The molecule has 1 saturated heterocycles. The summed E-state index contributed by atoms with van der Waals surface area (Å²) >= 11 is 0. The summed E-state index contributed by atoms with van der Waals surface area (Å²) in [5.74, 6) is 1.00. The molecule has 2 aromatic heterocycles. The molecule has 2 aliphatic rings. The zero-order chi connectivity index (χ0) is 25.3. The van der Waals surface area contributed by atoms with E-state index >= 15 is 0 Å². The molecule has 2 aliphatic heterocycles. The first-order chi connectivity index (χ1) is 17.3. The van der Waals surface area contributed by atoms with E-state index in [9.17, 15) is 18.0 Å². The van der Waals surface area contributed by atoms with Gasteiger partial charge in [0.2, 0.25) is 5.88 Å². The molecule has 11 heteroatoms. The van der Waals surface area contributed by atoms with Gasteiger partial charge < -0.3 is 14.7 Å². The van der Waals surface area contributed by atoms with E-state index in [0.29, 0.717) is 42.5 Å². The van der Waals surface area contributed by atoms with Crippen molar-refractivity contribution < 1.29 is 27.8 Å². The van der Waals surface area contributed by atoms with Crippen molar-refractivity contribution in [2.75, 3.05) is 41.4 Å². The fraction of sp³-hybridized carbons (Fsp3) is 0.320. The van der Waals surface area contributed by atoms with Gasteiger partial charge in [0.05, 0.1) is 29.6 Å². The van der Waals surface area contributed by atoms with Crippen molar-refractivity contribution in [3.8, 4) is 17.1 Å². The maximum atomic E-state index is 13.4. The highest BCUT2D eigenvalue weighted by Crippen LogP contribution is 2.41. The van der Waals surface area contributed by atoms with E-state index in [-0.39, 0.29) is 18.5 Å². The molecule has 4 heterocycles. The van der Waals surface area contributed by atoms with E-state index in [4.69, 9.17) is 9.84 Å². The third-order valence-corrected chi connectivity index (χ3v) is 6.17. The maximum Gasteiger partial charge on any atom is 0.416 e. The number of anilines is 3. The molecule has 36 heavy (non-hydrogen) atoms. The van der Waals surface area contributed by atoms with Crippen LogP contribution in [0.2, 0.25) is 0 Å². The van der Waals surface area contributed by atoms with Gasteiger partial charge in [-0.1, -0.05) is 18.2 Å². The van der Waals surface area contributed by atoms with Crippen molar-refractivity contribution in [3.63, 3.8) is 0 Å². The van der Waals surface area contributed by atoms with Crippen LogP contribution in [0.5, 0.6) is 5.88 Å². The third-order valence-electron chi connectivity index (χ3n) is 6.17. The number of hydrogen-bond acceptors (Lipinski definition) is 6. The topological polar surface area (TPSA) is 90.8 Å². The minimum Gasteiger partial charge on any atom is -0.478 e. The Morgan fingerprint density at radius 3 is 2.78 bits per heavy atom. The fourth-order valence-electron chi connectivity index (χ4n) is 4.46. The van der Waals surface area contributed by atoms with Crippen LogP contribution in [-0.2, 0) is 6.18 Å². The Morgan fingerprint density at radius 2 is 1.97 bits per heavy atom. The number of aliphatic hydroxyl groups excluding tert-OH is 1. The molecule has 0 saturated carbocycles. The second-order valence-electron chi connectivity index (χ2n) is 8.59. The van der Waals surface area contributed by atoms with E-state index in [1.807, 2.05) is 0 Å². The minimum absolute atomic E-state index is 0.00130. The largest absolute Gasteiger partial charge is 0.478 e. The highest BCUT2D eigenvalue weighted by molar-refractivity contribution is 6.04. The number of benzene rings is 1. The number of fused-ring (bicyclic) bond motifs is 4. The first-order valence-corrected chi connectivity index (χ1v) is 11.6. The number of halogens is 3. The van der Waals surface area contributed by atoms with Gasteiger partial charge in [0.25, 0.3) is 0 Å². The quantitative estimate of drug-likeness (QED) is 0.484. The van der Waals surface area contributed by atoms with Gasteiger partial charge in [0.1, 0.15) is 5.82 Å². The summed E-state index contributed by atoms with van der Waals surface area (Å²) in [5.41, 5.74) is 0.654. The SMILES string of the molecule is O=C(Nc1cccc(OCCCO)n1)N1c2nc(-c3cccc(C(F)(F)F)c3)ccc2N2CCC1C2. The van der Waals surface area contributed by atoms with Crippen LogP contribution in [0.15, 0.2) is 54.6 Å². The zero-order valence-electron chi connectivity index (χ0n) is 19.2. The number of aliphatic hydroxyl groups is 1. The number of ether oxygens (including phenoxy) is 1. The van der Waals surface area contributed by atoms with Gasteiger partial charge in [-0.25, -0.2) is 9.78 Å². The number of nitrogens with one attached hydrogen (secondary N) is 1. The van der Waals surface area contributed by atoms with E-state index < -0.39 is 17.8 Å². The molecule has 3 aromatic rings. The molecular weight excluding hydrogens is 475 g/mol. The molecule has 0 aliphatic carbocycles. The van der Waals surface area contributed by atoms with Crippen molar-refractivity contribution in [2.24, 2.45) is 0 Å². The highest BCUT2D eigenvalue weighted by Gasteiger charge is 2.40. The first-order valence-electron chi connectivity index (χ1n) is 11.6. The van der Waals surface area contributed by atoms with Crippen molar-refractivity contribution in [2.45, 2.75) is 25.1 Å². The molecule has 2 bridgehead atoms. The van der Waals surface area contributed by atoms with Crippen LogP contribution in [-0.4, -0.2) is 53.5 Å².